The molecule has 3 aromatic rings. The highest BCUT2D eigenvalue weighted by Gasteiger charge is 2.36. The van der Waals surface area contributed by atoms with Crippen LogP contribution in [0.3, 0.4) is 0 Å². The molecule has 2 aliphatic heterocycles. The third kappa shape index (κ3) is 4.74. The van der Waals surface area contributed by atoms with Gasteiger partial charge < -0.3 is 14.0 Å². The van der Waals surface area contributed by atoms with Crippen LogP contribution >= 0.6 is 11.8 Å². The minimum absolute atomic E-state index is 0.0346. The summed E-state index contributed by atoms with van der Waals surface area (Å²) in [6.07, 6.45) is 5.97. The van der Waals surface area contributed by atoms with Gasteiger partial charge in [0.15, 0.2) is 5.17 Å². The van der Waals surface area contributed by atoms with Gasteiger partial charge in [-0.05, 0) is 79.2 Å². The van der Waals surface area contributed by atoms with Gasteiger partial charge in [0.2, 0.25) is 0 Å². The molecule has 168 valence electrons. The zero-order valence-electron chi connectivity index (χ0n) is 18.4. The minimum atomic E-state index is -0.0346. The number of hydrogen-bond donors (Lipinski definition) is 0. The predicted molar refractivity (Wildman–Crippen MR) is 132 cm³/mol. The number of rotatable bonds is 6. The van der Waals surface area contributed by atoms with Crippen molar-refractivity contribution >= 4 is 34.6 Å². The fourth-order valence-corrected chi connectivity index (χ4v) is 4.97. The Balaban J connectivity index is 1.46. The Kier molecular flexibility index (Phi) is 6.32. The number of nitrogens with zero attached hydrogens (tertiary/aromatic N) is 3. The van der Waals surface area contributed by atoms with E-state index in [2.05, 4.69) is 4.57 Å². The molecular weight excluding hydrogens is 434 g/mol. The summed E-state index contributed by atoms with van der Waals surface area (Å²) in [5.74, 6) is 0.770. The molecule has 0 spiro atoms. The number of ether oxygens (including phenoxy) is 2. The van der Waals surface area contributed by atoms with Crippen LogP contribution in [0.2, 0.25) is 0 Å². The number of aromatic nitrogens is 1. The van der Waals surface area contributed by atoms with Gasteiger partial charge >= 0.3 is 0 Å². The van der Waals surface area contributed by atoms with Crippen LogP contribution in [0.15, 0.2) is 82.8 Å². The van der Waals surface area contributed by atoms with Crippen molar-refractivity contribution in [3.63, 3.8) is 0 Å². The van der Waals surface area contributed by atoms with Gasteiger partial charge in [0.25, 0.3) is 5.91 Å². The van der Waals surface area contributed by atoms with E-state index in [1.54, 1.807) is 12.0 Å². The van der Waals surface area contributed by atoms with Crippen molar-refractivity contribution in [1.29, 1.82) is 0 Å². The number of thioether (sulfide) groups is 1. The van der Waals surface area contributed by atoms with Crippen LogP contribution in [0.25, 0.3) is 11.8 Å². The Morgan fingerprint density at radius 1 is 1.12 bits per heavy atom. The van der Waals surface area contributed by atoms with Crippen LogP contribution < -0.4 is 4.74 Å². The lowest BCUT2D eigenvalue weighted by Crippen LogP contribution is -2.36. The maximum Gasteiger partial charge on any atom is 0.266 e. The van der Waals surface area contributed by atoms with Crippen molar-refractivity contribution in [1.82, 2.24) is 9.47 Å². The first kappa shape index (κ1) is 21.6. The molecule has 0 bridgehead atoms. The summed E-state index contributed by atoms with van der Waals surface area (Å²) >= 11 is 1.41. The second-order valence-corrected chi connectivity index (χ2v) is 8.90. The van der Waals surface area contributed by atoms with E-state index in [4.69, 9.17) is 14.5 Å². The molecule has 0 aliphatic carbocycles. The largest absolute Gasteiger partial charge is 0.497 e. The van der Waals surface area contributed by atoms with Crippen LogP contribution in [0.4, 0.5) is 5.69 Å². The Labute approximate surface area is 197 Å². The van der Waals surface area contributed by atoms with E-state index >= 15 is 0 Å². The van der Waals surface area contributed by atoms with E-state index < -0.39 is 0 Å². The molecule has 0 N–H and O–H groups in total. The molecule has 0 saturated carbocycles. The molecule has 2 aliphatic rings. The van der Waals surface area contributed by atoms with Crippen LogP contribution in [0.5, 0.6) is 5.75 Å². The Morgan fingerprint density at radius 3 is 2.67 bits per heavy atom. The van der Waals surface area contributed by atoms with Gasteiger partial charge in [0.05, 0.1) is 30.4 Å². The number of benzene rings is 2. The molecule has 6 nitrogen and oxygen atoms in total. The number of methoxy groups -OCH3 is 1. The van der Waals surface area contributed by atoms with Crippen molar-refractivity contribution in [2.24, 2.45) is 4.99 Å². The standard InChI is InChI=1S/C26H25N3O3S/c1-31-22-13-11-20(12-14-22)28-15-5-9-21(28)17-24-25(30)29(18-23-10-6-16-32-23)26(33-24)27-19-7-3-2-4-8-19/h2-5,7-9,11-15,17,23H,6,10,16,18H2,1H3/b24-17-,27-26?/t23-/m1/s1. The summed E-state index contributed by atoms with van der Waals surface area (Å²) < 4.78 is 13.1. The van der Waals surface area contributed by atoms with E-state index in [-0.39, 0.29) is 12.0 Å². The second kappa shape index (κ2) is 9.68. The molecule has 2 aromatic carbocycles. The van der Waals surface area contributed by atoms with E-state index in [0.717, 1.165) is 42.3 Å². The van der Waals surface area contributed by atoms with Gasteiger partial charge in [-0.2, -0.15) is 0 Å². The molecule has 1 amide bonds. The Bertz CT molecular complexity index is 1180. The van der Waals surface area contributed by atoms with Gasteiger partial charge in [-0.25, -0.2) is 4.99 Å². The summed E-state index contributed by atoms with van der Waals surface area (Å²) in [5, 5.41) is 0.690. The average Bonchev–Trinajstić information content (AvgIpc) is 3.59. The Hall–Kier alpha value is -3.29. The molecule has 2 fully saturated rings. The fourth-order valence-electron chi connectivity index (χ4n) is 3.98. The minimum Gasteiger partial charge on any atom is -0.497 e. The predicted octanol–water partition coefficient (Wildman–Crippen LogP) is 5.27. The van der Waals surface area contributed by atoms with Crippen LogP contribution in [-0.2, 0) is 9.53 Å². The van der Waals surface area contributed by atoms with Gasteiger partial charge in [0.1, 0.15) is 5.75 Å². The first-order valence-electron chi connectivity index (χ1n) is 11.0. The summed E-state index contributed by atoms with van der Waals surface area (Å²) in [4.78, 5) is 20.6. The number of hydrogen-bond acceptors (Lipinski definition) is 5. The van der Waals surface area contributed by atoms with Crippen LogP contribution in [0.1, 0.15) is 18.5 Å². The van der Waals surface area contributed by atoms with Gasteiger partial charge in [-0.1, -0.05) is 18.2 Å². The smallest absolute Gasteiger partial charge is 0.266 e. The zero-order valence-corrected chi connectivity index (χ0v) is 19.2. The lowest BCUT2D eigenvalue weighted by Gasteiger charge is -2.19. The van der Waals surface area contributed by atoms with Crippen molar-refractivity contribution in [2.45, 2.75) is 18.9 Å². The van der Waals surface area contributed by atoms with E-state index in [9.17, 15) is 4.79 Å². The molecule has 1 aromatic heterocycles. The maximum absolute atomic E-state index is 13.4. The van der Waals surface area contributed by atoms with Crippen molar-refractivity contribution < 1.29 is 14.3 Å². The van der Waals surface area contributed by atoms with Crippen molar-refractivity contribution in [2.75, 3.05) is 20.3 Å². The van der Waals surface area contributed by atoms with Crippen molar-refractivity contribution in [3.05, 3.63) is 83.5 Å². The number of para-hydroxylation sites is 1. The summed E-state index contributed by atoms with van der Waals surface area (Å²) in [7, 11) is 1.65. The number of aliphatic imine (C=N–C) groups is 1. The monoisotopic (exact) mass is 459 g/mol. The highest BCUT2D eigenvalue weighted by atomic mass is 32.2. The maximum atomic E-state index is 13.4. The molecule has 0 radical (unpaired) electrons. The molecule has 7 heteroatoms. The third-order valence-corrected chi connectivity index (χ3v) is 6.70. The van der Waals surface area contributed by atoms with E-state index in [1.165, 1.54) is 11.8 Å². The highest BCUT2D eigenvalue weighted by molar-refractivity contribution is 8.18. The van der Waals surface area contributed by atoms with Gasteiger partial charge in [-0.15, -0.1) is 0 Å². The van der Waals surface area contributed by atoms with Gasteiger partial charge in [-0.3, -0.25) is 9.69 Å². The molecule has 5 rings (SSSR count). The first-order valence-corrected chi connectivity index (χ1v) is 11.8. The first-order chi connectivity index (χ1) is 16.2. The number of carbonyl (C=O) groups excluding carboxylic acids is 1. The SMILES string of the molecule is COc1ccc(-n2cccc2/C=C2\SC(=Nc3ccccc3)N(C[C@H]3CCCO3)C2=O)cc1. The topological polar surface area (TPSA) is 56.1 Å². The molecule has 33 heavy (non-hydrogen) atoms. The normalized spacial score (nSPS) is 20.8. The Morgan fingerprint density at radius 2 is 1.94 bits per heavy atom. The van der Waals surface area contributed by atoms with Crippen LogP contribution in [0, 0.1) is 0 Å². The second-order valence-electron chi connectivity index (χ2n) is 7.89. The van der Waals surface area contributed by atoms with Gasteiger partial charge in [0, 0.05) is 24.2 Å². The molecule has 3 heterocycles. The molecule has 2 saturated heterocycles. The highest BCUT2D eigenvalue weighted by Crippen LogP contribution is 2.35. The van der Waals surface area contributed by atoms with E-state index in [0.29, 0.717) is 16.6 Å². The molecule has 1 atom stereocenters. The number of amides is 1. The number of carbonyl (C=O) groups is 1. The van der Waals surface area contributed by atoms with Crippen LogP contribution in [-0.4, -0.2) is 46.9 Å². The third-order valence-electron chi connectivity index (χ3n) is 5.69. The number of amidine groups is 1. The lowest BCUT2D eigenvalue weighted by atomic mass is 10.2. The lowest BCUT2D eigenvalue weighted by molar-refractivity contribution is -0.123. The fraction of sp³-hybridized carbons (Fsp3) is 0.231. The quantitative estimate of drug-likeness (QED) is 0.471. The summed E-state index contributed by atoms with van der Waals surface area (Å²) in [6, 6.07) is 21.6. The summed E-state index contributed by atoms with van der Waals surface area (Å²) in [5.41, 5.74) is 2.75. The summed E-state index contributed by atoms with van der Waals surface area (Å²) in [6.45, 7) is 1.28. The molecular formula is C26H25N3O3S. The average molecular weight is 460 g/mol. The zero-order chi connectivity index (χ0) is 22.6. The van der Waals surface area contributed by atoms with E-state index in [1.807, 2.05) is 79.0 Å². The van der Waals surface area contributed by atoms with Crippen molar-refractivity contribution in [3.8, 4) is 11.4 Å². The molecule has 0 unspecified atom stereocenters.